The molecule has 1 aromatic carbocycles. The normalized spacial score (nSPS) is 13.1. The van der Waals surface area contributed by atoms with Crippen molar-refractivity contribution in [2.75, 3.05) is 13.6 Å². The highest BCUT2D eigenvalue weighted by atomic mass is 19.2. The van der Waals surface area contributed by atoms with E-state index in [0.29, 0.717) is 18.5 Å². The molecule has 0 aliphatic rings. The van der Waals surface area contributed by atoms with E-state index in [1.165, 1.54) is 12.1 Å². The van der Waals surface area contributed by atoms with Crippen LogP contribution in [0.2, 0.25) is 0 Å². The number of halogens is 2. The van der Waals surface area contributed by atoms with Gasteiger partial charge in [-0.3, -0.25) is 4.79 Å². The Hall–Kier alpha value is -1.29. The average Bonchev–Trinajstić information content (AvgIpc) is 2.37. The topological polar surface area (TPSA) is 20.3 Å². The zero-order valence-electron chi connectivity index (χ0n) is 11.9. The lowest BCUT2D eigenvalue weighted by Crippen LogP contribution is -2.34. The van der Waals surface area contributed by atoms with Gasteiger partial charge in [0.2, 0.25) is 0 Å². The second-order valence-electron chi connectivity index (χ2n) is 5.24. The minimum Gasteiger partial charge on any atom is -0.303 e. The minimum atomic E-state index is -1.05. The summed E-state index contributed by atoms with van der Waals surface area (Å²) in [5, 5.41) is 0. The fourth-order valence-electron chi connectivity index (χ4n) is 1.84. The van der Waals surface area contributed by atoms with Crippen molar-refractivity contribution in [1.82, 2.24) is 4.90 Å². The van der Waals surface area contributed by atoms with Crippen LogP contribution in [0.5, 0.6) is 0 Å². The number of nitrogens with zero attached hydrogens (tertiary/aromatic N) is 1. The molecule has 0 aromatic heterocycles. The van der Waals surface area contributed by atoms with Crippen LogP contribution >= 0.6 is 0 Å². The molecule has 0 amide bonds. The molecule has 1 aromatic rings. The van der Waals surface area contributed by atoms with Crippen molar-refractivity contribution < 1.29 is 13.6 Å². The summed E-state index contributed by atoms with van der Waals surface area (Å²) in [4.78, 5) is 13.9. The average molecular weight is 269 g/mol. The Kier molecular flexibility index (Phi) is 5.60. The predicted octanol–water partition coefficient (Wildman–Crippen LogP) is 3.51. The molecule has 0 saturated carbocycles. The van der Waals surface area contributed by atoms with Gasteiger partial charge in [-0.1, -0.05) is 19.9 Å². The number of hydrogen-bond acceptors (Lipinski definition) is 2. The number of rotatable bonds is 6. The second kappa shape index (κ2) is 6.75. The number of benzene rings is 1. The number of ketones is 1. The van der Waals surface area contributed by atoms with Crippen LogP contribution in [0, 0.1) is 17.6 Å². The molecule has 0 fully saturated rings. The Morgan fingerprint density at radius 1 is 1.26 bits per heavy atom. The predicted molar refractivity (Wildman–Crippen MR) is 72.2 cm³/mol. The lowest BCUT2D eigenvalue weighted by Gasteiger charge is -2.27. The van der Waals surface area contributed by atoms with Gasteiger partial charge < -0.3 is 4.90 Å². The van der Waals surface area contributed by atoms with E-state index in [-0.39, 0.29) is 17.8 Å². The van der Waals surface area contributed by atoms with Crippen molar-refractivity contribution in [3.63, 3.8) is 0 Å². The van der Waals surface area contributed by atoms with Crippen molar-refractivity contribution in [3.05, 3.63) is 35.4 Å². The van der Waals surface area contributed by atoms with Crippen LogP contribution in [0.4, 0.5) is 8.78 Å². The highest BCUT2D eigenvalue weighted by Gasteiger charge is 2.18. The van der Waals surface area contributed by atoms with Gasteiger partial charge in [-0.2, -0.15) is 0 Å². The minimum absolute atomic E-state index is 0.161. The Morgan fingerprint density at radius 3 is 2.47 bits per heavy atom. The fraction of sp³-hybridized carbons (Fsp3) is 0.533. The van der Waals surface area contributed by atoms with Gasteiger partial charge in [-0.05, 0) is 32.0 Å². The van der Waals surface area contributed by atoms with E-state index in [1.54, 1.807) is 0 Å². The van der Waals surface area contributed by atoms with Crippen molar-refractivity contribution in [1.29, 1.82) is 0 Å². The Labute approximate surface area is 113 Å². The van der Waals surface area contributed by atoms with Crippen molar-refractivity contribution in [2.24, 2.45) is 5.92 Å². The summed E-state index contributed by atoms with van der Waals surface area (Å²) in [5.74, 6) is -1.91. The molecule has 0 aliphatic carbocycles. The highest BCUT2D eigenvalue weighted by Crippen LogP contribution is 2.14. The molecular formula is C15H21F2NO. The van der Waals surface area contributed by atoms with Crippen LogP contribution in [0.1, 0.15) is 37.6 Å². The standard InChI is InChI=1S/C15H21F2NO/c1-10(2)11(3)18(4)9-8-14(19)12-6-5-7-13(16)15(12)17/h5-7,10-11H,8-9H2,1-4H3. The van der Waals surface area contributed by atoms with Gasteiger partial charge in [0.15, 0.2) is 17.4 Å². The van der Waals surface area contributed by atoms with Crippen LogP contribution in [0.3, 0.4) is 0 Å². The van der Waals surface area contributed by atoms with E-state index in [2.05, 4.69) is 25.7 Å². The summed E-state index contributed by atoms with van der Waals surface area (Å²) in [5.41, 5.74) is -0.161. The third-order valence-electron chi connectivity index (χ3n) is 3.60. The highest BCUT2D eigenvalue weighted by molar-refractivity contribution is 5.96. The maximum absolute atomic E-state index is 13.5. The first-order chi connectivity index (χ1) is 8.84. The summed E-state index contributed by atoms with van der Waals surface area (Å²) >= 11 is 0. The van der Waals surface area contributed by atoms with Crippen molar-refractivity contribution in [3.8, 4) is 0 Å². The summed E-state index contributed by atoms with van der Waals surface area (Å²) in [6.45, 7) is 6.83. The summed E-state index contributed by atoms with van der Waals surface area (Å²) < 4.78 is 26.5. The fourth-order valence-corrected chi connectivity index (χ4v) is 1.84. The van der Waals surface area contributed by atoms with Gasteiger partial charge in [0, 0.05) is 19.0 Å². The second-order valence-corrected chi connectivity index (χ2v) is 5.24. The van der Waals surface area contributed by atoms with Gasteiger partial charge in [-0.25, -0.2) is 8.78 Å². The van der Waals surface area contributed by atoms with Crippen LogP contribution in [-0.4, -0.2) is 30.3 Å². The van der Waals surface area contributed by atoms with Crippen LogP contribution < -0.4 is 0 Å². The van der Waals surface area contributed by atoms with E-state index in [9.17, 15) is 13.6 Å². The lowest BCUT2D eigenvalue weighted by atomic mass is 10.0. The molecule has 0 N–H and O–H groups in total. The maximum Gasteiger partial charge on any atom is 0.169 e. The van der Waals surface area contributed by atoms with Gasteiger partial charge >= 0.3 is 0 Å². The van der Waals surface area contributed by atoms with E-state index in [0.717, 1.165) is 6.07 Å². The first kappa shape index (κ1) is 15.8. The van der Waals surface area contributed by atoms with Gasteiger partial charge in [0.25, 0.3) is 0 Å². The Morgan fingerprint density at radius 2 is 1.89 bits per heavy atom. The largest absolute Gasteiger partial charge is 0.303 e. The molecule has 19 heavy (non-hydrogen) atoms. The number of carbonyl (C=O) groups is 1. The first-order valence-corrected chi connectivity index (χ1v) is 6.52. The van der Waals surface area contributed by atoms with E-state index in [4.69, 9.17) is 0 Å². The van der Waals surface area contributed by atoms with E-state index < -0.39 is 11.6 Å². The molecule has 0 saturated heterocycles. The molecule has 0 bridgehead atoms. The SMILES string of the molecule is CC(C)C(C)N(C)CCC(=O)c1cccc(F)c1F. The van der Waals surface area contributed by atoms with Crippen LogP contribution in [0.15, 0.2) is 18.2 Å². The number of carbonyl (C=O) groups excluding carboxylic acids is 1. The molecule has 0 spiro atoms. The third-order valence-corrected chi connectivity index (χ3v) is 3.60. The first-order valence-electron chi connectivity index (χ1n) is 6.52. The molecule has 106 valence electrons. The molecule has 1 unspecified atom stereocenters. The molecule has 2 nitrogen and oxygen atoms in total. The molecular weight excluding hydrogens is 248 g/mol. The monoisotopic (exact) mass is 269 g/mol. The van der Waals surface area contributed by atoms with Gasteiger partial charge in [-0.15, -0.1) is 0 Å². The Bertz CT molecular complexity index is 446. The van der Waals surface area contributed by atoms with Gasteiger partial charge in [0.1, 0.15) is 0 Å². The quantitative estimate of drug-likeness (QED) is 0.736. The maximum atomic E-state index is 13.5. The zero-order valence-corrected chi connectivity index (χ0v) is 11.9. The molecule has 0 radical (unpaired) electrons. The van der Waals surface area contributed by atoms with Crippen LogP contribution in [0.25, 0.3) is 0 Å². The molecule has 4 heteroatoms. The molecule has 1 rings (SSSR count). The number of hydrogen-bond donors (Lipinski definition) is 0. The smallest absolute Gasteiger partial charge is 0.169 e. The van der Waals surface area contributed by atoms with E-state index in [1.807, 2.05) is 7.05 Å². The number of Topliss-reactive ketones (excluding diaryl/α,β-unsaturated/α-hetero) is 1. The van der Waals surface area contributed by atoms with Crippen molar-refractivity contribution >= 4 is 5.78 Å². The molecule has 0 aliphatic heterocycles. The van der Waals surface area contributed by atoms with Crippen molar-refractivity contribution in [2.45, 2.75) is 33.2 Å². The van der Waals surface area contributed by atoms with E-state index >= 15 is 0 Å². The summed E-state index contributed by atoms with van der Waals surface area (Å²) in [6, 6.07) is 4.03. The lowest BCUT2D eigenvalue weighted by molar-refractivity contribution is 0.0950. The van der Waals surface area contributed by atoms with Gasteiger partial charge in [0.05, 0.1) is 5.56 Å². The molecule has 1 atom stereocenters. The summed E-state index contributed by atoms with van der Waals surface area (Å²) in [7, 11) is 1.93. The van der Waals surface area contributed by atoms with Crippen LogP contribution in [-0.2, 0) is 0 Å². The molecule has 0 heterocycles. The summed E-state index contributed by atoms with van der Waals surface area (Å²) in [6.07, 6.45) is 0.188. The Balaban J connectivity index is 2.63. The third kappa shape index (κ3) is 4.10. The zero-order chi connectivity index (χ0) is 14.6.